The van der Waals surface area contributed by atoms with Crippen LogP contribution in [0.25, 0.3) is 10.9 Å². The molecule has 2 heterocycles. The highest BCUT2D eigenvalue weighted by Crippen LogP contribution is 2.11. The minimum absolute atomic E-state index is 0.219. The molecule has 0 bridgehead atoms. The Morgan fingerprint density at radius 1 is 1.23 bits per heavy atom. The Hall–Kier alpha value is -3.22. The minimum Gasteiger partial charge on any atom is -0.383 e. The summed E-state index contributed by atoms with van der Waals surface area (Å²) in [6.45, 7) is 4.68. The molecule has 134 valence electrons. The number of nitrogens with zero attached hydrogens (tertiary/aromatic N) is 3. The monoisotopic (exact) mass is 351 g/mol. The summed E-state index contributed by atoms with van der Waals surface area (Å²) in [5, 5.41) is 6.59. The van der Waals surface area contributed by atoms with Gasteiger partial charge in [0.1, 0.15) is 6.04 Å². The number of carbonyl (C=O) groups excluding carboxylic acids is 1. The number of nitrogens with one attached hydrogen (secondary N) is 2. The lowest BCUT2D eigenvalue weighted by molar-refractivity contribution is -0.123. The van der Waals surface area contributed by atoms with Gasteiger partial charge in [-0.2, -0.15) is 0 Å². The quantitative estimate of drug-likeness (QED) is 0.662. The van der Waals surface area contributed by atoms with Crippen LogP contribution in [0.2, 0.25) is 0 Å². The van der Waals surface area contributed by atoms with Gasteiger partial charge in [-0.3, -0.25) is 19.1 Å². The predicted molar refractivity (Wildman–Crippen MR) is 101 cm³/mol. The molecule has 3 rings (SSSR count). The molecule has 3 aromatic rings. The number of para-hydroxylation sites is 1. The van der Waals surface area contributed by atoms with Crippen LogP contribution >= 0.6 is 0 Å². The maximum Gasteiger partial charge on any atom is 0.261 e. The normalized spacial score (nSPS) is 11.9. The average molecular weight is 351 g/mol. The zero-order valence-electron chi connectivity index (χ0n) is 14.8. The molecule has 1 unspecified atom stereocenters. The van der Waals surface area contributed by atoms with Crippen molar-refractivity contribution in [3.8, 4) is 0 Å². The molecule has 1 atom stereocenters. The molecule has 0 aliphatic rings. The highest BCUT2D eigenvalue weighted by molar-refractivity contribution is 5.81. The number of carbonyl (C=O) groups is 1. The summed E-state index contributed by atoms with van der Waals surface area (Å²) >= 11 is 0. The van der Waals surface area contributed by atoms with Crippen LogP contribution in [0, 0.1) is 6.92 Å². The van der Waals surface area contributed by atoms with Gasteiger partial charge < -0.3 is 10.6 Å². The summed E-state index contributed by atoms with van der Waals surface area (Å²) in [5.74, 6) is -0.225. The Bertz CT molecular complexity index is 983. The van der Waals surface area contributed by atoms with Crippen LogP contribution in [0.5, 0.6) is 0 Å². The first-order chi connectivity index (χ1) is 12.6. The number of anilines is 1. The van der Waals surface area contributed by atoms with Gasteiger partial charge in [0.2, 0.25) is 5.91 Å². The zero-order valence-corrected chi connectivity index (χ0v) is 14.8. The molecule has 1 amide bonds. The Labute approximate surface area is 151 Å². The molecule has 1 aromatic carbocycles. The fraction of sp³-hybridized carbons (Fsp3) is 0.263. The van der Waals surface area contributed by atoms with Crippen molar-refractivity contribution in [3.63, 3.8) is 0 Å². The second kappa shape index (κ2) is 7.77. The van der Waals surface area contributed by atoms with Crippen LogP contribution in [0.3, 0.4) is 0 Å². The molecule has 0 aliphatic carbocycles. The van der Waals surface area contributed by atoms with Gasteiger partial charge >= 0.3 is 0 Å². The molecule has 26 heavy (non-hydrogen) atoms. The zero-order chi connectivity index (χ0) is 18.5. The molecule has 7 heteroatoms. The highest BCUT2D eigenvalue weighted by atomic mass is 16.2. The van der Waals surface area contributed by atoms with Crippen molar-refractivity contribution in [1.29, 1.82) is 0 Å². The summed E-state index contributed by atoms with van der Waals surface area (Å²) in [6, 6.07) is 8.35. The number of pyridine rings is 1. The SMILES string of the molecule is Cc1cnccc1NCCNC(=O)C(C)n1cnc2ccccc2c1=O. The third-order valence-corrected chi connectivity index (χ3v) is 4.25. The Morgan fingerprint density at radius 2 is 2.04 bits per heavy atom. The van der Waals surface area contributed by atoms with E-state index in [0.717, 1.165) is 11.3 Å². The second-order valence-corrected chi connectivity index (χ2v) is 6.06. The van der Waals surface area contributed by atoms with Gasteiger partial charge in [0.15, 0.2) is 0 Å². The number of benzene rings is 1. The molecule has 0 spiro atoms. The van der Waals surface area contributed by atoms with Gasteiger partial charge in [0.05, 0.1) is 17.2 Å². The fourth-order valence-electron chi connectivity index (χ4n) is 2.69. The number of rotatable bonds is 6. The molecule has 7 nitrogen and oxygen atoms in total. The van der Waals surface area contributed by atoms with E-state index in [4.69, 9.17) is 0 Å². The van der Waals surface area contributed by atoms with Gasteiger partial charge in [0, 0.05) is 31.2 Å². The molecule has 0 saturated heterocycles. The summed E-state index contributed by atoms with van der Waals surface area (Å²) in [5.41, 5.74) is 2.43. The third kappa shape index (κ3) is 3.72. The van der Waals surface area contributed by atoms with Gasteiger partial charge in [0.25, 0.3) is 5.56 Å². The topological polar surface area (TPSA) is 88.9 Å². The average Bonchev–Trinajstić information content (AvgIpc) is 2.66. The number of hydrogen-bond donors (Lipinski definition) is 2. The Kier molecular flexibility index (Phi) is 5.26. The van der Waals surface area contributed by atoms with Crippen molar-refractivity contribution in [2.24, 2.45) is 0 Å². The van der Waals surface area contributed by atoms with Crippen LogP contribution in [0.1, 0.15) is 18.5 Å². The van der Waals surface area contributed by atoms with Gasteiger partial charge in [-0.15, -0.1) is 0 Å². The summed E-state index contributed by atoms with van der Waals surface area (Å²) in [4.78, 5) is 33.2. The van der Waals surface area contributed by atoms with Gasteiger partial charge in [-0.05, 0) is 37.6 Å². The number of hydrogen-bond acceptors (Lipinski definition) is 5. The highest BCUT2D eigenvalue weighted by Gasteiger charge is 2.17. The molecular weight excluding hydrogens is 330 g/mol. The number of aromatic nitrogens is 3. The summed E-state index contributed by atoms with van der Waals surface area (Å²) in [7, 11) is 0. The molecule has 0 fully saturated rings. The van der Waals surface area contributed by atoms with Crippen molar-refractivity contribution >= 4 is 22.5 Å². The largest absolute Gasteiger partial charge is 0.383 e. The van der Waals surface area contributed by atoms with E-state index in [9.17, 15) is 9.59 Å². The molecule has 0 aliphatic heterocycles. The van der Waals surface area contributed by atoms with Crippen LogP contribution in [0.4, 0.5) is 5.69 Å². The van der Waals surface area contributed by atoms with E-state index in [0.29, 0.717) is 24.0 Å². The molecule has 2 aromatic heterocycles. The van der Waals surface area contributed by atoms with E-state index >= 15 is 0 Å². The first-order valence-corrected chi connectivity index (χ1v) is 8.46. The first-order valence-electron chi connectivity index (χ1n) is 8.46. The molecule has 0 saturated carbocycles. The molecule has 2 N–H and O–H groups in total. The smallest absolute Gasteiger partial charge is 0.261 e. The van der Waals surface area contributed by atoms with Crippen LogP contribution in [-0.2, 0) is 4.79 Å². The number of amides is 1. The van der Waals surface area contributed by atoms with Crippen molar-refractivity contribution in [2.75, 3.05) is 18.4 Å². The first kappa shape index (κ1) is 17.6. The van der Waals surface area contributed by atoms with Gasteiger partial charge in [-0.1, -0.05) is 12.1 Å². The van der Waals surface area contributed by atoms with Crippen molar-refractivity contribution in [1.82, 2.24) is 19.9 Å². The van der Waals surface area contributed by atoms with E-state index < -0.39 is 6.04 Å². The minimum atomic E-state index is -0.637. The lowest BCUT2D eigenvalue weighted by Gasteiger charge is -2.16. The predicted octanol–water partition coefficient (Wildman–Crippen LogP) is 1.89. The van der Waals surface area contributed by atoms with Crippen molar-refractivity contribution in [2.45, 2.75) is 19.9 Å². The fourth-order valence-corrected chi connectivity index (χ4v) is 2.69. The summed E-state index contributed by atoms with van der Waals surface area (Å²) in [6.07, 6.45) is 4.92. The van der Waals surface area contributed by atoms with E-state index in [1.54, 1.807) is 37.5 Å². The van der Waals surface area contributed by atoms with E-state index in [2.05, 4.69) is 20.6 Å². The molecule has 0 radical (unpaired) electrons. The lowest BCUT2D eigenvalue weighted by Crippen LogP contribution is -2.37. The maximum absolute atomic E-state index is 12.6. The van der Waals surface area contributed by atoms with E-state index in [1.165, 1.54) is 10.9 Å². The van der Waals surface area contributed by atoms with Crippen molar-refractivity contribution < 1.29 is 4.79 Å². The standard InChI is InChI=1S/C19H21N5O2/c1-13-11-20-8-7-16(13)21-9-10-22-18(25)14(2)24-12-23-17-6-4-3-5-15(17)19(24)26/h3-8,11-12,14H,9-10H2,1-2H3,(H,20,21)(H,22,25). The number of aryl methyl sites for hydroxylation is 1. The van der Waals surface area contributed by atoms with Crippen LogP contribution < -0.4 is 16.2 Å². The third-order valence-electron chi connectivity index (χ3n) is 4.25. The van der Waals surface area contributed by atoms with Crippen LogP contribution in [0.15, 0.2) is 53.8 Å². The molecular formula is C19H21N5O2. The second-order valence-electron chi connectivity index (χ2n) is 6.06. The van der Waals surface area contributed by atoms with Crippen LogP contribution in [-0.4, -0.2) is 33.5 Å². The van der Waals surface area contributed by atoms with E-state index in [-0.39, 0.29) is 11.5 Å². The van der Waals surface area contributed by atoms with E-state index in [1.807, 2.05) is 19.1 Å². The number of fused-ring (bicyclic) bond motifs is 1. The Balaban J connectivity index is 1.61. The van der Waals surface area contributed by atoms with Gasteiger partial charge in [-0.25, -0.2) is 4.98 Å². The van der Waals surface area contributed by atoms with Crippen molar-refractivity contribution in [3.05, 3.63) is 65.0 Å². The summed E-state index contributed by atoms with van der Waals surface area (Å²) < 4.78 is 1.36. The maximum atomic E-state index is 12.6. The lowest BCUT2D eigenvalue weighted by atomic mass is 10.2. The Morgan fingerprint density at radius 3 is 2.85 bits per heavy atom.